The first-order valence-corrected chi connectivity index (χ1v) is 7.38. The Balaban J connectivity index is 2.54. The molecule has 1 fully saturated rings. The van der Waals surface area contributed by atoms with Gasteiger partial charge in [-0.3, -0.25) is 4.79 Å². The molecule has 16 heavy (non-hydrogen) atoms. The molecule has 1 heterocycles. The van der Waals surface area contributed by atoms with Gasteiger partial charge < -0.3 is 10.6 Å². The first-order valence-electron chi connectivity index (χ1n) is 5.67. The van der Waals surface area contributed by atoms with Gasteiger partial charge in [-0.05, 0) is 32.7 Å². The van der Waals surface area contributed by atoms with Crippen molar-refractivity contribution >= 4 is 15.7 Å². The van der Waals surface area contributed by atoms with Gasteiger partial charge in [-0.25, -0.2) is 8.42 Å². The molecule has 0 aliphatic carbocycles. The highest BCUT2D eigenvalue weighted by Crippen LogP contribution is 2.11. The highest BCUT2D eigenvalue weighted by molar-refractivity contribution is 7.92. The van der Waals surface area contributed by atoms with Crippen molar-refractivity contribution in [2.45, 2.75) is 31.4 Å². The van der Waals surface area contributed by atoms with E-state index in [9.17, 15) is 13.2 Å². The van der Waals surface area contributed by atoms with Crippen molar-refractivity contribution in [3.63, 3.8) is 0 Å². The van der Waals surface area contributed by atoms with Gasteiger partial charge in [0.25, 0.3) is 0 Å². The van der Waals surface area contributed by atoms with Crippen molar-refractivity contribution in [2.24, 2.45) is 5.73 Å². The normalized spacial score (nSPS) is 18.8. The van der Waals surface area contributed by atoms with Crippen LogP contribution in [0.3, 0.4) is 0 Å². The van der Waals surface area contributed by atoms with E-state index in [-0.39, 0.29) is 11.7 Å². The second-order valence-electron chi connectivity index (χ2n) is 4.28. The van der Waals surface area contributed by atoms with Gasteiger partial charge in [0.1, 0.15) is 5.75 Å². The Hall–Kier alpha value is -0.620. The number of amides is 1. The van der Waals surface area contributed by atoms with E-state index in [1.54, 1.807) is 11.8 Å². The van der Waals surface area contributed by atoms with E-state index >= 15 is 0 Å². The molecule has 5 nitrogen and oxygen atoms in total. The SMILES string of the molecule is CC(CCN)S(=O)(=O)CC(=O)N1CCCC1. The smallest absolute Gasteiger partial charge is 0.237 e. The van der Waals surface area contributed by atoms with Gasteiger partial charge >= 0.3 is 0 Å². The summed E-state index contributed by atoms with van der Waals surface area (Å²) in [6.45, 7) is 3.33. The van der Waals surface area contributed by atoms with Crippen molar-refractivity contribution in [1.82, 2.24) is 4.90 Å². The Bertz CT molecular complexity index is 334. The van der Waals surface area contributed by atoms with Gasteiger partial charge in [0.05, 0.1) is 5.25 Å². The van der Waals surface area contributed by atoms with E-state index in [0.29, 0.717) is 26.1 Å². The summed E-state index contributed by atoms with van der Waals surface area (Å²) in [5.74, 6) is -0.630. The topological polar surface area (TPSA) is 80.5 Å². The molecule has 1 rings (SSSR count). The molecule has 0 aromatic heterocycles. The lowest BCUT2D eigenvalue weighted by Crippen LogP contribution is -2.36. The van der Waals surface area contributed by atoms with E-state index in [1.165, 1.54) is 0 Å². The zero-order valence-electron chi connectivity index (χ0n) is 9.68. The molecule has 1 unspecified atom stereocenters. The number of likely N-dealkylation sites (tertiary alicyclic amines) is 1. The minimum Gasteiger partial charge on any atom is -0.342 e. The number of sulfone groups is 1. The molecule has 0 bridgehead atoms. The summed E-state index contributed by atoms with van der Waals surface area (Å²) in [6, 6.07) is 0. The molecular formula is C10H20N2O3S. The van der Waals surface area contributed by atoms with Crippen LogP contribution in [0.2, 0.25) is 0 Å². The van der Waals surface area contributed by atoms with Crippen LogP contribution in [0.25, 0.3) is 0 Å². The monoisotopic (exact) mass is 248 g/mol. The molecule has 0 aromatic carbocycles. The van der Waals surface area contributed by atoms with Crippen LogP contribution >= 0.6 is 0 Å². The van der Waals surface area contributed by atoms with Gasteiger partial charge in [0, 0.05) is 13.1 Å². The maximum absolute atomic E-state index is 11.8. The third-order valence-electron chi connectivity index (χ3n) is 2.97. The summed E-state index contributed by atoms with van der Waals surface area (Å²) < 4.78 is 23.6. The van der Waals surface area contributed by atoms with E-state index in [1.807, 2.05) is 0 Å². The van der Waals surface area contributed by atoms with Gasteiger partial charge in [0.2, 0.25) is 5.91 Å². The summed E-state index contributed by atoms with van der Waals surface area (Å²) in [6.07, 6.45) is 2.36. The van der Waals surface area contributed by atoms with Crippen molar-refractivity contribution in [3.8, 4) is 0 Å². The fraction of sp³-hybridized carbons (Fsp3) is 0.900. The maximum atomic E-state index is 11.8. The molecule has 0 radical (unpaired) electrons. The molecule has 0 saturated carbocycles. The molecule has 1 saturated heterocycles. The molecular weight excluding hydrogens is 228 g/mol. The number of rotatable bonds is 5. The van der Waals surface area contributed by atoms with Crippen LogP contribution in [0.15, 0.2) is 0 Å². The Morgan fingerprint density at radius 3 is 2.44 bits per heavy atom. The minimum absolute atomic E-state index is 0.263. The molecule has 1 aliphatic rings. The molecule has 1 aliphatic heterocycles. The third-order valence-corrected chi connectivity index (χ3v) is 5.08. The van der Waals surface area contributed by atoms with Gasteiger partial charge in [-0.2, -0.15) is 0 Å². The highest BCUT2D eigenvalue weighted by atomic mass is 32.2. The van der Waals surface area contributed by atoms with Crippen LogP contribution in [0, 0.1) is 0 Å². The predicted octanol–water partition coefficient (Wildman–Crippen LogP) is -0.239. The summed E-state index contributed by atoms with van der Waals surface area (Å²) in [5, 5.41) is -0.524. The number of hydrogen-bond acceptors (Lipinski definition) is 4. The first kappa shape index (κ1) is 13.4. The van der Waals surface area contributed by atoms with Gasteiger partial charge in [-0.15, -0.1) is 0 Å². The fourth-order valence-corrected chi connectivity index (χ4v) is 3.09. The van der Waals surface area contributed by atoms with E-state index in [4.69, 9.17) is 5.73 Å². The first-order chi connectivity index (χ1) is 7.47. The van der Waals surface area contributed by atoms with Crippen LogP contribution in [-0.4, -0.2) is 49.9 Å². The quantitative estimate of drug-likeness (QED) is 0.728. The predicted molar refractivity (Wildman–Crippen MR) is 62.7 cm³/mol. The summed E-state index contributed by atoms with van der Waals surface area (Å²) in [7, 11) is -3.33. The fourth-order valence-electron chi connectivity index (χ4n) is 1.79. The van der Waals surface area contributed by atoms with Crippen molar-refractivity contribution < 1.29 is 13.2 Å². The van der Waals surface area contributed by atoms with Crippen LogP contribution in [0.5, 0.6) is 0 Å². The largest absolute Gasteiger partial charge is 0.342 e. The second-order valence-corrected chi connectivity index (χ2v) is 6.70. The number of hydrogen-bond donors (Lipinski definition) is 1. The maximum Gasteiger partial charge on any atom is 0.237 e. The summed E-state index contributed by atoms with van der Waals surface area (Å²) in [5.41, 5.74) is 5.32. The highest BCUT2D eigenvalue weighted by Gasteiger charge is 2.27. The molecule has 2 N–H and O–H groups in total. The Labute approximate surface area is 96.9 Å². The Morgan fingerprint density at radius 1 is 1.38 bits per heavy atom. The van der Waals surface area contributed by atoms with Crippen molar-refractivity contribution in [2.75, 3.05) is 25.4 Å². The van der Waals surface area contributed by atoms with Crippen LogP contribution in [0.1, 0.15) is 26.2 Å². The lowest BCUT2D eigenvalue weighted by atomic mass is 10.3. The van der Waals surface area contributed by atoms with Crippen LogP contribution in [0.4, 0.5) is 0 Å². The molecule has 1 atom stereocenters. The van der Waals surface area contributed by atoms with Crippen LogP contribution < -0.4 is 5.73 Å². The number of nitrogens with zero attached hydrogens (tertiary/aromatic N) is 1. The lowest BCUT2D eigenvalue weighted by molar-refractivity contribution is -0.127. The number of nitrogens with two attached hydrogens (primary N) is 1. The average molecular weight is 248 g/mol. The number of carbonyl (C=O) groups excluding carboxylic acids is 1. The average Bonchev–Trinajstić information content (AvgIpc) is 2.70. The molecule has 1 amide bonds. The standard InChI is InChI=1S/C10H20N2O3S/c1-9(4-5-11)16(14,15)8-10(13)12-6-2-3-7-12/h9H,2-8,11H2,1H3. The molecule has 6 heteroatoms. The molecule has 0 aromatic rings. The molecule has 0 spiro atoms. The van der Waals surface area contributed by atoms with E-state index in [2.05, 4.69) is 0 Å². The summed E-state index contributed by atoms with van der Waals surface area (Å²) in [4.78, 5) is 13.3. The minimum atomic E-state index is -3.33. The Morgan fingerprint density at radius 2 is 1.94 bits per heavy atom. The third kappa shape index (κ3) is 3.45. The lowest BCUT2D eigenvalue weighted by Gasteiger charge is -2.17. The van der Waals surface area contributed by atoms with Crippen molar-refractivity contribution in [3.05, 3.63) is 0 Å². The zero-order valence-corrected chi connectivity index (χ0v) is 10.5. The second kappa shape index (κ2) is 5.63. The van der Waals surface area contributed by atoms with Crippen LogP contribution in [-0.2, 0) is 14.6 Å². The van der Waals surface area contributed by atoms with E-state index in [0.717, 1.165) is 12.8 Å². The zero-order chi connectivity index (χ0) is 12.2. The number of carbonyl (C=O) groups is 1. The summed E-state index contributed by atoms with van der Waals surface area (Å²) >= 11 is 0. The van der Waals surface area contributed by atoms with Gasteiger partial charge in [-0.1, -0.05) is 0 Å². The Kier molecular flexibility index (Phi) is 4.73. The van der Waals surface area contributed by atoms with E-state index < -0.39 is 15.1 Å². The van der Waals surface area contributed by atoms with Crippen molar-refractivity contribution in [1.29, 1.82) is 0 Å². The van der Waals surface area contributed by atoms with Gasteiger partial charge in [0.15, 0.2) is 9.84 Å². The molecule has 94 valence electrons.